The topological polar surface area (TPSA) is 125 Å². The molecule has 19 unspecified atom stereocenters. The molecule has 0 spiro atoms. The first-order valence-corrected chi connectivity index (χ1v) is 26.6. The summed E-state index contributed by atoms with van der Waals surface area (Å²) in [6.45, 7) is 34.1. The Labute approximate surface area is 414 Å². The molecule has 0 aromatic heterocycles. The highest BCUT2D eigenvalue weighted by molar-refractivity contribution is 5.85. The second kappa shape index (κ2) is 23.0. The quantitative estimate of drug-likeness (QED) is 0.422. The van der Waals surface area contributed by atoms with Crippen LogP contribution in [0.4, 0.5) is 0 Å². The molecule has 8 rings (SSSR count). The van der Waals surface area contributed by atoms with Gasteiger partial charge in [0.25, 0.3) is 0 Å². The van der Waals surface area contributed by atoms with Crippen LogP contribution in [-0.2, 0) is 19.2 Å². The van der Waals surface area contributed by atoms with Gasteiger partial charge in [0, 0.05) is 99.7 Å². The first-order chi connectivity index (χ1) is 31.7. The summed E-state index contributed by atoms with van der Waals surface area (Å²) in [6, 6.07) is 4.88. The van der Waals surface area contributed by atoms with E-state index in [2.05, 4.69) is 164 Å². The lowest BCUT2D eigenvalue weighted by Gasteiger charge is -2.54. The lowest BCUT2D eigenvalue weighted by atomic mass is 9.81. The smallest absolute Gasteiger partial charge is 0.240 e. The van der Waals surface area contributed by atoms with Gasteiger partial charge in [0.1, 0.15) is 0 Å². The van der Waals surface area contributed by atoms with E-state index in [4.69, 9.17) is 0 Å². The number of carbonyl (C=O) groups excluding carboxylic acids is 4. The predicted molar refractivity (Wildman–Crippen MR) is 275 cm³/mol. The van der Waals surface area contributed by atoms with Gasteiger partial charge in [-0.05, 0) is 156 Å². The molecule has 19 atom stereocenters. The van der Waals surface area contributed by atoms with Crippen molar-refractivity contribution in [3.63, 3.8) is 0 Å². The van der Waals surface area contributed by atoms with Gasteiger partial charge in [-0.1, -0.05) is 20.8 Å². The molecule has 0 aromatic carbocycles. The van der Waals surface area contributed by atoms with Crippen molar-refractivity contribution in [1.82, 2.24) is 59.6 Å². The summed E-state index contributed by atoms with van der Waals surface area (Å²) in [6.07, 6.45) is 2.25. The van der Waals surface area contributed by atoms with Crippen molar-refractivity contribution in [3.05, 3.63) is 0 Å². The van der Waals surface area contributed by atoms with Crippen LogP contribution in [0.3, 0.4) is 0 Å². The van der Waals surface area contributed by atoms with Crippen molar-refractivity contribution in [2.24, 2.45) is 17.8 Å². The number of piperidine rings is 1. The van der Waals surface area contributed by atoms with Crippen molar-refractivity contribution in [1.29, 1.82) is 0 Å². The number of fused-ring (bicyclic) bond motifs is 4. The number of nitrogens with zero attached hydrogens (tertiary/aromatic N) is 10. The number of likely N-dealkylation sites (N-methyl/N-ethyl adjacent to an activating group) is 8. The molecule has 16 heteroatoms. The lowest BCUT2D eigenvalue weighted by molar-refractivity contribution is -0.154. The summed E-state index contributed by atoms with van der Waals surface area (Å²) in [7, 11) is 16.6. The molecule has 0 aromatic rings. The zero-order valence-electron chi connectivity index (χ0n) is 46.7. The van der Waals surface area contributed by atoms with Gasteiger partial charge < -0.3 is 40.0 Å². The number of hydrogen-bond acceptors (Lipinski definition) is 12. The molecule has 392 valence electrons. The Kier molecular flexibility index (Phi) is 19.1. The van der Waals surface area contributed by atoms with E-state index in [-0.39, 0.29) is 24.2 Å². The number of piperazine rings is 4. The fraction of sp³-hybridized carbons (Fsp3) is 0.923. The largest absolute Gasteiger partial charge is 0.335 e. The number of rotatable bonds is 2. The highest BCUT2D eigenvalue weighted by Crippen LogP contribution is 2.35. The Balaban J connectivity index is 0.000000170. The average molecular weight is 957 g/mol. The summed E-state index contributed by atoms with van der Waals surface area (Å²) < 4.78 is 0. The van der Waals surface area contributed by atoms with Crippen molar-refractivity contribution in [2.75, 3.05) is 95.6 Å². The molecule has 0 aliphatic carbocycles. The second-order valence-corrected chi connectivity index (χ2v) is 23.3. The van der Waals surface area contributed by atoms with E-state index >= 15 is 0 Å². The van der Waals surface area contributed by atoms with Crippen LogP contribution in [0, 0.1) is 17.8 Å². The minimum absolute atomic E-state index is 0.00862. The Morgan fingerprint density at radius 1 is 0.382 bits per heavy atom. The van der Waals surface area contributed by atoms with Crippen molar-refractivity contribution < 1.29 is 19.2 Å². The molecule has 68 heavy (non-hydrogen) atoms. The van der Waals surface area contributed by atoms with E-state index < -0.39 is 0 Å². The Morgan fingerprint density at radius 2 is 0.794 bits per heavy atom. The zero-order chi connectivity index (χ0) is 51.1. The Hall–Kier alpha value is -2.44. The van der Waals surface area contributed by atoms with Crippen molar-refractivity contribution >= 4 is 23.6 Å². The van der Waals surface area contributed by atoms with Crippen LogP contribution in [0.5, 0.6) is 0 Å². The highest BCUT2D eigenvalue weighted by atomic mass is 16.2. The molecule has 8 saturated heterocycles. The number of nitrogens with one attached hydrogen (secondary N) is 2. The molecule has 8 aliphatic rings. The zero-order valence-corrected chi connectivity index (χ0v) is 46.7. The molecule has 8 fully saturated rings. The molecule has 0 saturated carbocycles. The normalized spacial score (nSPS) is 43.4. The van der Waals surface area contributed by atoms with E-state index in [1.54, 1.807) is 0 Å². The third-order valence-corrected chi connectivity index (χ3v) is 19.1. The van der Waals surface area contributed by atoms with Crippen LogP contribution in [0.25, 0.3) is 0 Å². The SMILES string of the molecule is CC1CN(C)CC(C)N2C(=O)C(C)N(C)C(C)C12.CC1CN(C)CC2C(C)N(C)C(C)C(=O)N2C1C.CNC1CC(C)C2C(C)N(C)C(C)C(=O)N2C1.CNC1CC2C(C)N(C)C(C)C(=O)N2C1. The molecule has 0 radical (unpaired) electrons. The second-order valence-electron chi connectivity index (χ2n) is 23.3. The molecule has 0 bridgehead atoms. The van der Waals surface area contributed by atoms with E-state index in [1.807, 2.05) is 41.8 Å². The van der Waals surface area contributed by atoms with E-state index in [1.165, 1.54) is 0 Å². The van der Waals surface area contributed by atoms with Crippen LogP contribution >= 0.6 is 0 Å². The maximum absolute atomic E-state index is 12.6. The summed E-state index contributed by atoms with van der Waals surface area (Å²) >= 11 is 0. The minimum Gasteiger partial charge on any atom is -0.335 e. The summed E-state index contributed by atoms with van der Waals surface area (Å²) in [5.74, 6) is 2.81. The first kappa shape index (κ1) is 56.5. The van der Waals surface area contributed by atoms with E-state index in [9.17, 15) is 19.2 Å². The van der Waals surface area contributed by atoms with Gasteiger partial charge in [-0.15, -0.1) is 0 Å². The molecule has 2 N–H and O–H groups in total. The molecule has 8 heterocycles. The van der Waals surface area contributed by atoms with Crippen LogP contribution < -0.4 is 10.6 Å². The van der Waals surface area contributed by atoms with Crippen LogP contribution in [-0.4, -0.2) is 265 Å². The van der Waals surface area contributed by atoms with E-state index in [0.29, 0.717) is 114 Å². The van der Waals surface area contributed by atoms with Crippen LogP contribution in [0.15, 0.2) is 0 Å². The maximum Gasteiger partial charge on any atom is 0.240 e. The molecule has 4 amide bonds. The molecule has 16 nitrogen and oxygen atoms in total. The summed E-state index contributed by atoms with van der Waals surface area (Å²) in [4.78, 5) is 71.8. The van der Waals surface area contributed by atoms with Gasteiger partial charge >= 0.3 is 0 Å². The van der Waals surface area contributed by atoms with E-state index in [0.717, 1.165) is 52.1 Å². The summed E-state index contributed by atoms with van der Waals surface area (Å²) in [5.41, 5.74) is 0. The average Bonchev–Trinajstić information content (AvgIpc) is 3.65. The number of amides is 4. The highest BCUT2D eigenvalue weighted by Gasteiger charge is 2.50. The standard InChI is InChI=1S/2C14H27N3O.C13H25N3O.C11H21N3O/c1-9-7-15(5)8-13-11(3)16(6)12(4)14(18)17(13)10(9)2;1-9-7-15(5)8-10(2)17-13(9)11(3)16(6)12(4)14(17)18;1-8-6-11(14-4)7-16-12(8)9(2)15(5)10(3)13(16)17;1-7-10-5-9(12-3)6-14(10)11(15)8(2)13(7)4/h2*9-13H,7-8H2,1-6H3;8-12,14H,6-7H2,1-5H3;7-10,12H,5-6H2,1-4H3. The fourth-order valence-corrected chi connectivity index (χ4v) is 13.6. The van der Waals surface area contributed by atoms with Gasteiger partial charge in [-0.2, -0.15) is 0 Å². The third kappa shape index (κ3) is 11.1. The van der Waals surface area contributed by atoms with Crippen molar-refractivity contribution in [2.45, 2.75) is 200 Å². The Bertz CT molecular complexity index is 1710. The molecular formula is C52H100N12O4. The maximum atomic E-state index is 12.6. The summed E-state index contributed by atoms with van der Waals surface area (Å²) in [5, 5.41) is 6.60. The predicted octanol–water partition coefficient (Wildman–Crippen LogP) is 2.18. The fourth-order valence-electron chi connectivity index (χ4n) is 13.6. The lowest BCUT2D eigenvalue weighted by Crippen LogP contribution is -2.69. The molecule has 8 aliphatic heterocycles. The van der Waals surface area contributed by atoms with Crippen LogP contribution in [0.1, 0.15) is 103 Å². The minimum atomic E-state index is 0.00862. The van der Waals surface area contributed by atoms with Gasteiger partial charge in [0.15, 0.2) is 0 Å². The van der Waals surface area contributed by atoms with Crippen LogP contribution in [0.2, 0.25) is 0 Å². The van der Waals surface area contributed by atoms with Gasteiger partial charge in [-0.3, -0.25) is 38.8 Å². The number of carbonyl (C=O) groups is 4. The third-order valence-electron chi connectivity index (χ3n) is 19.1. The van der Waals surface area contributed by atoms with Gasteiger partial charge in [0.2, 0.25) is 23.6 Å². The van der Waals surface area contributed by atoms with Gasteiger partial charge in [-0.25, -0.2) is 0 Å². The molecular weight excluding hydrogens is 857 g/mol. The van der Waals surface area contributed by atoms with Crippen molar-refractivity contribution in [3.8, 4) is 0 Å². The number of hydrogen-bond donors (Lipinski definition) is 2. The monoisotopic (exact) mass is 957 g/mol. The Morgan fingerprint density at radius 3 is 1.34 bits per heavy atom. The van der Waals surface area contributed by atoms with Gasteiger partial charge in [0.05, 0.1) is 36.3 Å². The first-order valence-electron chi connectivity index (χ1n) is 26.6.